The molecule has 0 saturated heterocycles. The number of nitro groups is 1. The van der Waals surface area contributed by atoms with Gasteiger partial charge in [0.05, 0.1) is 4.92 Å². The molecule has 0 bridgehead atoms. The quantitative estimate of drug-likeness (QED) is 0.329. The molecule has 1 heterocycles. The van der Waals surface area contributed by atoms with Gasteiger partial charge in [-0.05, 0) is 23.8 Å². The SMILES string of the molecule is O=C(/C=C/c1cccc([N+](=O)[O-])c1)c1c[nH]c2cc(Cl)ccc12. The van der Waals surface area contributed by atoms with Crippen molar-refractivity contribution in [3.8, 4) is 0 Å². The largest absolute Gasteiger partial charge is 0.360 e. The second-order valence-electron chi connectivity index (χ2n) is 4.94. The van der Waals surface area contributed by atoms with Crippen LogP contribution in [0.5, 0.6) is 0 Å². The van der Waals surface area contributed by atoms with E-state index in [1.54, 1.807) is 42.6 Å². The first kappa shape index (κ1) is 15.0. The van der Waals surface area contributed by atoms with Gasteiger partial charge in [-0.15, -0.1) is 0 Å². The minimum absolute atomic E-state index is 0.0127. The lowest BCUT2D eigenvalue weighted by molar-refractivity contribution is -0.384. The van der Waals surface area contributed by atoms with Crippen LogP contribution < -0.4 is 0 Å². The van der Waals surface area contributed by atoms with E-state index >= 15 is 0 Å². The van der Waals surface area contributed by atoms with Crippen LogP contribution in [0.15, 0.2) is 54.7 Å². The summed E-state index contributed by atoms with van der Waals surface area (Å²) in [4.78, 5) is 25.6. The van der Waals surface area contributed by atoms with Gasteiger partial charge in [0.2, 0.25) is 0 Å². The van der Waals surface area contributed by atoms with Crippen LogP contribution >= 0.6 is 11.6 Å². The maximum absolute atomic E-state index is 12.3. The number of non-ortho nitro benzene ring substituents is 1. The summed E-state index contributed by atoms with van der Waals surface area (Å²) in [6.45, 7) is 0. The van der Waals surface area contributed by atoms with Crippen molar-refractivity contribution in [1.29, 1.82) is 0 Å². The van der Waals surface area contributed by atoms with Gasteiger partial charge in [-0.2, -0.15) is 0 Å². The summed E-state index contributed by atoms with van der Waals surface area (Å²) in [6, 6.07) is 11.3. The Morgan fingerprint density at radius 1 is 1.22 bits per heavy atom. The number of aromatic nitrogens is 1. The van der Waals surface area contributed by atoms with Crippen LogP contribution in [-0.4, -0.2) is 15.7 Å². The fourth-order valence-corrected chi connectivity index (χ4v) is 2.48. The van der Waals surface area contributed by atoms with Crippen molar-refractivity contribution in [2.75, 3.05) is 0 Å². The van der Waals surface area contributed by atoms with E-state index in [1.807, 2.05) is 0 Å². The van der Waals surface area contributed by atoms with Crippen LogP contribution in [0, 0.1) is 10.1 Å². The van der Waals surface area contributed by atoms with Gasteiger partial charge in [-0.1, -0.05) is 35.9 Å². The average Bonchev–Trinajstić information content (AvgIpc) is 2.95. The van der Waals surface area contributed by atoms with Crippen LogP contribution in [0.1, 0.15) is 15.9 Å². The standard InChI is InChI=1S/C17H11ClN2O3/c18-12-5-6-14-15(10-19-16(14)9-12)17(21)7-4-11-2-1-3-13(8-11)20(22)23/h1-10,19H/b7-4+. The summed E-state index contributed by atoms with van der Waals surface area (Å²) >= 11 is 5.92. The number of rotatable bonds is 4. The number of benzene rings is 2. The first-order valence-electron chi connectivity index (χ1n) is 6.78. The Labute approximate surface area is 136 Å². The molecular formula is C17H11ClN2O3. The number of fused-ring (bicyclic) bond motifs is 1. The maximum Gasteiger partial charge on any atom is 0.270 e. The molecule has 0 unspecified atom stereocenters. The molecule has 114 valence electrons. The highest BCUT2D eigenvalue weighted by atomic mass is 35.5. The van der Waals surface area contributed by atoms with Crippen molar-refractivity contribution in [2.24, 2.45) is 0 Å². The van der Waals surface area contributed by atoms with Gasteiger partial charge < -0.3 is 4.98 Å². The fraction of sp³-hybridized carbons (Fsp3) is 0. The summed E-state index contributed by atoms with van der Waals surface area (Å²) in [5.74, 6) is -0.190. The number of carbonyl (C=O) groups is 1. The maximum atomic E-state index is 12.3. The lowest BCUT2D eigenvalue weighted by Crippen LogP contribution is -1.92. The first-order valence-corrected chi connectivity index (χ1v) is 7.16. The zero-order valence-corrected chi connectivity index (χ0v) is 12.6. The summed E-state index contributed by atoms with van der Waals surface area (Å²) in [7, 11) is 0. The number of nitrogens with zero attached hydrogens (tertiary/aromatic N) is 1. The van der Waals surface area contributed by atoms with Crippen molar-refractivity contribution < 1.29 is 9.72 Å². The molecule has 0 spiro atoms. The Morgan fingerprint density at radius 2 is 2.04 bits per heavy atom. The van der Waals surface area contributed by atoms with Crippen LogP contribution in [0.4, 0.5) is 5.69 Å². The molecule has 0 aliphatic rings. The van der Waals surface area contributed by atoms with Gasteiger partial charge in [0.25, 0.3) is 5.69 Å². The van der Waals surface area contributed by atoms with E-state index in [0.717, 1.165) is 10.9 Å². The number of halogens is 1. The van der Waals surface area contributed by atoms with Gasteiger partial charge in [0.15, 0.2) is 5.78 Å². The van der Waals surface area contributed by atoms with E-state index in [-0.39, 0.29) is 11.5 Å². The van der Waals surface area contributed by atoms with E-state index < -0.39 is 4.92 Å². The lowest BCUT2D eigenvalue weighted by atomic mass is 10.1. The number of aromatic amines is 1. The summed E-state index contributed by atoms with van der Waals surface area (Å²) in [5.41, 5.74) is 1.89. The molecule has 0 saturated carbocycles. The number of ketones is 1. The van der Waals surface area contributed by atoms with Crippen molar-refractivity contribution in [3.63, 3.8) is 0 Å². The summed E-state index contributed by atoms with van der Waals surface area (Å²) in [6.07, 6.45) is 4.58. The van der Waals surface area contributed by atoms with Gasteiger partial charge in [-0.3, -0.25) is 14.9 Å². The minimum Gasteiger partial charge on any atom is -0.360 e. The molecule has 0 aliphatic carbocycles. The molecule has 5 nitrogen and oxygen atoms in total. The van der Waals surface area contributed by atoms with Gasteiger partial charge >= 0.3 is 0 Å². The zero-order chi connectivity index (χ0) is 16.4. The van der Waals surface area contributed by atoms with Crippen LogP contribution in [0.25, 0.3) is 17.0 Å². The second-order valence-corrected chi connectivity index (χ2v) is 5.38. The number of carbonyl (C=O) groups excluding carboxylic acids is 1. The Kier molecular flexibility index (Phi) is 3.95. The number of hydrogen-bond acceptors (Lipinski definition) is 3. The topological polar surface area (TPSA) is 76.0 Å². The molecule has 23 heavy (non-hydrogen) atoms. The predicted molar refractivity (Wildman–Crippen MR) is 89.8 cm³/mol. The van der Waals surface area contributed by atoms with Crippen molar-refractivity contribution in [3.05, 3.63) is 81.0 Å². The molecule has 2 aromatic carbocycles. The van der Waals surface area contributed by atoms with Crippen molar-refractivity contribution in [2.45, 2.75) is 0 Å². The van der Waals surface area contributed by atoms with E-state index in [2.05, 4.69) is 4.98 Å². The molecule has 6 heteroatoms. The third-order valence-electron chi connectivity index (χ3n) is 3.42. The number of H-pyrrole nitrogens is 1. The first-order chi connectivity index (χ1) is 11.0. The molecule has 1 aromatic heterocycles. The summed E-state index contributed by atoms with van der Waals surface area (Å²) in [5, 5.41) is 12.1. The minimum atomic E-state index is -0.470. The van der Waals surface area contributed by atoms with Crippen molar-refractivity contribution in [1.82, 2.24) is 4.98 Å². The Morgan fingerprint density at radius 3 is 2.83 bits per heavy atom. The highest BCUT2D eigenvalue weighted by Crippen LogP contribution is 2.23. The third kappa shape index (κ3) is 3.14. The lowest BCUT2D eigenvalue weighted by Gasteiger charge is -1.96. The van der Waals surface area contributed by atoms with E-state index in [4.69, 9.17) is 11.6 Å². The predicted octanol–water partition coefficient (Wildman–Crippen LogP) is 4.63. The van der Waals surface area contributed by atoms with E-state index in [0.29, 0.717) is 16.1 Å². The number of allylic oxidation sites excluding steroid dienone is 1. The smallest absolute Gasteiger partial charge is 0.270 e. The monoisotopic (exact) mass is 326 g/mol. The average molecular weight is 327 g/mol. The van der Waals surface area contributed by atoms with E-state index in [9.17, 15) is 14.9 Å². The van der Waals surface area contributed by atoms with Gasteiger partial charge in [-0.25, -0.2) is 0 Å². The van der Waals surface area contributed by atoms with E-state index in [1.165, 1.54) is 18.2 Å². The normalized spacial score (nSPS) is 11.2. The Balaban J connectivity index is 1.88. The zero-order valence-electron chi connectivity index (χ0n) is 11.8. The molecule has 3 aromatic rings. The molecule has 0 amide bonds. The van der Waals surface area contributed by atoms with Gasteiger partial charge in [0.1, 0.15) is 0 Å². The summed E-state index contributed by atoms with van der Waals surface area (Å²) < 4.78 is 0. The molecular weight excluding hydrogens is 316 g/mol. The Bertz CT molecular complexity index is 944. The fourth-order valence-electron chi connectivity index (χ4n) is 2.31. The molecule has 0 radical (unpaired) electrons. The van der Waals surface area contributed by atoms with Crippen molar-refractivity contribution >= 4 is 40.1 Å². The second kappa shape index (κ2) is 6.06. The molecule has 3 rings (SSSR count). The highest BCUT2D eigenvalue weighted by molar-refractivity contribution is 6.31. The van der Waals surface area contributed by atoms with Crippen LogP contribution in [0.2, 0.25) is 5.02 Å². The van der Waals surface area contributed by atoms with Crippen LogP contribution in [-0.2, 0) is 0 Å². The molecule has 0 aliphatic heterocycles. The molecule has 0 atom stereocenters. The number of nitrogens with one attached hydrogen (secondary N) is 1. The highest BCUT2D eigenvalue weighted by Gasteiger charge is 2.10. The number of nitro benzene ring substituents is 1. The molecule has 0 fully saturated rings. The third-order valence-corrected chi connectivity index (χ3v) is 3.65. The molecule has 1 N–H and O–H groups in total. The Hall–Kier alpha value is -2.92. The number of hydrogen-bond donors (Lipinski definition) is 1. The van der Waals surface area contributed by atoms with Gasteiger partial charge in [0, 0.05) is 39.8 Å². The van der Waals surface area contributed by atoms with Crippen LogP contribution in [0.3, 0.4) is 0 Å².